The van der Waals surface area contributed by atoms with E-state index in [1.165, 1.54) is 0 Å². The average Bonchev–Trinajstić information content (AvgIpc) is 2.39. The molecule has 1 fully saturated rings. The zero-order valence-corrected chi connectivity index (χ0v) is 12.9. The van der Waals surface area contributed by atoms with Crippen molar-refractivity contribution in [3.8, 4) is 0 Å². The molecule has 0 spiro atoms. The van der Waals surface area contributed by atoms with Crippen LogP contribution in [0.5, 0.6) is 0 Å². The van der Waals surface area contributed by atoms with Gasteiger partial charge in [0.2, 0.25) is 0 Å². The van der Waals surface area contributed by atoms with E-state index >= 15 is 0 Å². The fourth-order valence-electron chi connectivity index (χ4n) is 2.42. The van der Waals surface area contributed by atoms with Gasteiger partial charge in [0.15, 0.2) is 0 Å². The standard InChI is InChI=1S/C14H17BrClNO2/c15-12-7-10(4-5-13(12)16)14(19)17-8-9-2-1-3-11(18)6-9/h4-5,7,9,11,18H,1-3,6,8H2,(H,17,19). The third-order valence-corrected chi connectivity index (χ3v) is 4.70. The Hall–Kier alpha value is -0.580. The summed E-state index contributed by atoms with van der Waals surface area (Å²) in [7, 11) is 0. The van der Waals surface area contributed by atoms with E-state index in [0.29, 0.717) is 23.0 Å². The van der Waals surface area contributed by atoms with Crippen molar-refractivity contribution in [2.24, 2.45) is 5.92 Å². The summed E-state index contributed by atoms with van der Waals surface area (Å²) in [6.07, 6.45) is 3.56. The van der Waals surface area contributed by atoms with Gasteiger partial charge in [0, 0.05) is 16.6 Å². The van der Waals surface area contributed by atoms with Gasteiger partial charge in [-0.15, -0.1) is 0 Å². The third kappa shape index (κ3) is 4.20. The van der Waals surface area contributed by atoms with E-state index in [9.17, 15) is 9.90 Å². The third-order valence-electron chi connectivity index (χ3n) is 3.49. The molecule has 2 unspecified atom stereocenters. The summed E-state index contributed by atoms with van der Waals surface area (Å²) in [5, 5.41) is 13.1. The maximum absolute atomic E-state index is 12.0. The highest BCUT2D eigenvalue weighted by molar-refractivity contribution is 9.10. The Labute approximate surface area is 126 Å². The first-order valence-electron chi connectivity index (χ1n) is 6.47. The topological polar surface area (TPSA) is 49.3 Å². The number of rotatable bonds is 3. The number of carbonyl (C=O) groups excluding carboxylic acids is 1. The van der Waals surface area contributed by atoms with Gasteiger partial charge in [0.05, 0.1) is 11.1 Å². The second kappa shape index (κ2) is 6.73. The molecule has 0 bridgehead atoms. The second-order valence-corrected chi connectivity index (χ2v) is 6.29. The van der Waals surface area contributed by atoms with E-state index in [2.05, 4.69) is 21.2 Å². The van der Waals surface area contributed by atoms with Gasteiger partial charge >= 0.3 is 0 Å². The molecule has 0 heterocycles. The monoisotopic (exact) mass is 345 g/mol. The van der Waals surface area contributed by atoms with Crippen molar-refractivity contribution < 1.29 is 9.90 Å². The number of carbonyl (C=O) groups is 1. The fourth-order valence-corrected chi connectivity index (χ4v) is 2.92. The highest BCUT2D eigenvalue weighted by atomic mass is 79.9. The van der Waals surface area contributed by atoms with Gasteiger partial charge in [-0.3, -0.25) is 4.79 Å². The van der Waals surface area contributed by atoms with E-state index in [4.69, 9.17) is 11.6 Å². The second-order valence-electron chi connectivity index (χ2n) is 5.03. The molecule has 1 aliphatic carbocycles. The molecule has 0 radical (unpaired) electrons. The minimum absolute atomic E-state index is 0.0996. The lowest BCUT2D eigenvalue weighted by molar-refractivity contribution is 0.0874. The summed E-state index contributed by atoms with van der Waals surface area (Å²) >= 11 is 9.20. The van der Waals surface area contributed by atoms with E-state index in [-0.39, 0.29) is 12.0 Å². The van der Waals surface area contributed by atoms with Crippen molar-refractivity contribution in [2.45, 2.75) is 31.8 Å². The quantitative estimate of drug-likeness (QED) is 0.881. The molecule has 104 valence electrons. The zero-order chi connectivity index (χ0) is 13.8. The summed E-state index contributed by atoms with van der Waals surface area (Å²) < 4.78 is 0.718. The van der Waals surface area contributed by atoms with Crippen molar-refractivity contribution in [3.63, 3.8) is 0 Å². The molecule has 2 N–H and O–H groups in total. The molecule has 1 aromatic carbocycles. The molecular weight excluding hydrogens is 330 g/mol. The number of halogens is 2. The maximum atomic E-state index is 12.0. The Morgan fingerprint density at radius 3 is 2.95 bits per heavy atom. The summed E-state index contributed by atoms with van der Waals surface area (Å²) in [6, 6.07) is 5.12. The molecule has 2 atom stereocenters. The summed E-state index contributed by atoms with van der Waals surface area (Å²) in [6.45, 7) is 0.621. The Balaban J connectivity index is 1.88. The Morgan fingerprint density at radius 2 is 2.26 bits per heavy atom. The fraction of sp³-hybridized carbons (Fsp3) is 0.500. The van der Waals surface area contributed by atoms with Gasteiger partial charge in [-0.1, -0.05) is 18.0 Å². The summed E-state index contributed by atoms with van der Waals surface area (Å²) in [5.41, 5.74) is 0.590. The van der Waals surface area contributed by atoms with Crippen LogP contribution in [0.25, 0.3) is 0 Å². The van der Waals surface area contributed by atoms with Gasteiger partial charge in [0.25, 0.3) is 5.91 Å². The molecule has 0 aromatic heterocycles. The van der Waals surface area contributed by atoms with E-state index in [1.807, 2.05) is 0 Å². The lowest BCUT2D eigenvalue weighted by Gasteiger charge is -2.25. The first kappa shape index (κ1) is 14.8. The predicted molar refractivity (Wildman–Crippen MR) is 79.5 cm³/mol. The highest BCUT2D eigenvalue weighted by Gasteiger charge is 2.20. The molecule has 1 aromatic rings. The molecule has 5 heteroatoms. The average molecular weight is 347 g/mol. The van der Waals surface area contributed by atoms with Crippen LogP contribution in [0.4, 0.5) is 0 Å². The van der Waals surface area contributed by atoms with Crippen LogP contribution in [0.2, 0.25) is 5.02 Å². The van der Waals surface area contributed by atoms with Crippen molar-refractivity contribution >= 4 is 33.4 Å². The number of hydrogen-bond donors (Lipinski definition) is 2. The molecule has 1 amide bonds. The van der Waals surface area contributed by atoms with Crippen LogP contribution in [0.15, 0.2) is 22.7 Å². The SMILES string of the molecule is O=C(NCC1CCCC(O)C1)c1ccc(Cl)c(Br)c1. The van der Waals surface area contributed by atoms with E-state index in [0.717, 1.165) is 30.2 Å². The Kier molecular flexibility index (Phi) is 5.25. The molecule has 0 aliphatic heterocycles. The van der Waals surface area contributed by atoms with Gasteiger partial charge in [-0.25, -0.2) is 0 Å². The largest absolute Gasteiger partial charge is 0.393 e. The van der Waals surface area contributed by atoms with Crippen molar-refractivity contribution in [1.29, 1.82) is 0 Å². The summed E-state index contributed by atoms with van der Waals surface area (Å²) in [5.74, 6) is 0.279. The zero-order valence-electron chi connectivity index (χ0n) is 10.5. The summed E-state index contributed by atoms with van der Waals surface area (Å²) in [4.78, 5) is 12.0. The molecule has 19 heavy (non-hydrogen) atoms. The van der Waals surface area contributed by atoms with Gasteiger partial charge < -0.3 is 10.4 Å². The Bertz CT molecular complexity index is 467. The van der Waals surface area contributed by atoms with Crippen molar-refractivity contribution in [2.75, 3.05) is 6.54 Å². The predicted octanol–water partition coefficient (Wildman–Crippen LogP) is 3.38. The van der Waals surface area contributed by atoms with Crippen LogP contribution in [0, 0.1) is 5.92 Å². The first-order valence-corrected chi connectivity index (χ1v) is 7.64. The van der Waals surface area contributed by atoms with Gasteiger partial charge in [0.1, 0.15) is 0 Å². The molecule has 1 aliphatic rings. The minimum atomic E-state index is -0.208. The number of nitrogens with one attached hydrogen (secondary N) is 1. The van der Waals surface area contributed by atoms with Crippen molar-refractivity contribution in [3.05, 3.63) is 33.3 Å². The molecule has 2 rings (SSSR count). The molecule has 1 saturated carbocycles. The number of aliphatic hydroxyl groups is 1. The van der Waals surface area contributed by atoms with Crippen molar-refractivity contribution in [1.82, 2.24) is 5.32 Å². The maximum Gasteiger partial charge on any atom is 0.251 e. The van der Waals surface area contributed by atoms with Crippen LogP contribution in [-0.2, 0) is 0 Å². The first-order chi connectivity index (χ1) is 9.06. The smallest absolute Gasteiger partial charge is 0.251 e. The molecule has 3 nitrogen and oxygen atoms in total. The van der Waals surface area contributed by atoms with Crippen LogP contribution >= 0.6 is 27.5 Å². The van der Waals surface area contributed by atoms with E-state index < -0.39 is 0 Å². The number of benzene rings is 1. The van der Waals surface area contributed by atoms with Crippen LogP contribution in [0.3, 0.4) is 0 Å². The van der Waals surface area contributed by atoms with E-state index in [1.54, 1.807) is 18.2 Å². The highest BCUT2D eigenvalue weighted by Crippen LogP contribution is 2.25. The molecule has 0 saturated heterocycles. The number of aliphatic hydroxyl groups excluding tert-OH is 1. The number of hydrogen-bond acceptors (Lipinski definition) is 2. The molecular formula is C14H17BrClNO2. The van der Waals surface area contributed by atoms with Crippen LogP contribution in [-0.4, -0.2) is 23.7 Å². The minimum Gasteiger partial charge on any atom is -0.393 e. The Morgan fingerprint density at radius 1 is 1.47 bits per heavy atom. The van der Waals surface area contributed by atoms with Crippen LogP contribution < -0.4 is 5.32 Å². The van der Waals surface area contributed by atoms with Crippen LogP contribution in [0.1, 0.15) is 36.0 Å². The number of amides is 1. The lowest BCUT2D eigenvalue weighted by atomic mass is 9.87. The van der Waals surface area contributed by atoms with Gasteiger partial charge in [-0.2, -0.15) is 0 Å². The normalized spacial score (nSPS) is 23.1. The lowest BCUT2D eigenvalue weighted by Crippen LogP contribution is -2.32. The van der Waals surface area contributed by atoms with Gasteiger partial charge in [-0.05, 0) is 59.3 Å².